The summed E-state index contributed by atoms with van der Waals surface area (Å²) in [6.07, 6.45) is 1.68. The van der Waals surface area contributed by atoms with Crippen molar-refractivity contribution in [3.8, 4) is 0 Å². The van der Waals surface area contributed by atoms with Gasteiger partial charge in [-0.15, -0.1) is 0 Å². The van der Waals surface area contributed by atoms with Gasteiger partial charge in [0.15, 0.2) is 0 Å². The van der Waals surface area contributed by atoms with Crippen LogP contribution in [0.1, 0.15) is 37.8 Å². The number of rotatable bonds is 4. The molecule has 5 heteroatoms. The van der Waals surface area contributed by atoms with Crippen LogP contribution in [0, 0.1) is 6.92 Å². The third kappa shape index (κ3) is 4.32. The summed E-state index contributed by atoms with van der Waals surface area (Å²) in [5.74, 6) is 1.07. The molecule has 1 atom stereocenters. The zero-order valence-corrected chi connectivity index (χ0v) is 17.6. The number of β-amino-alcohol motifs (C(OH)–C–C–N with tert-alkyl or cyclic N) is 1. The van der Waals surface area contributed by atoms with Crippen molar-refractivity contribution < 1.29 is 5.11 Å². The lowest BCUT2D eigenvalue weighted by Gasteiger charge is -2.38. The zero-order chi connectivity index (χ0) is 19.7. The molecule has 1 unspecified atom stereocenters. The first kappa shape index (κ1) is 19.6. The first-order chi connectivity index (χ1) is 13.5. The number of fused-ring (bicyclic) bond motifs is 1. The lowest BCUT2D eigenvalue weighted by molar-refractivity contribution is 0.104. The summed E-state index contributed by atoms with van der Waals surface area (Å²) in [5.41, 5.74) is 3.62. The number of aryl methyl sites for hydroxylation is 1. The molecule has 152 valence electrons. The van der Waals surface area contributed by atoms with E-state index in [4.69, 9.17) is 4.98 Å². The van der Waals surface area contributed by atoms with E-state index < -0.39 is 0 Å². The van der Waals surface area contributed by atoms with Gasteiger partial charge in [0.1, 0.15) is 5.82 Å². The molecule has 1 aromatic carbocycles. The van der Waals surface area contributed by atoms with Gasteiger partial charge in [-0.25, -0.2) is 4.98 Å². The van der Waals surface area contributed by atoms with Gasteiger partial charge in [-0.2, -0.15) is 0 Å². The normalized spacial score (nSPS) is 22.3. The first-order valence-electron chi connectivity index (χ1n) is 10.8. The average Bonchev–Trinajstić information content (AvgIpc) is 2.68. The first-order valence-corrected chi connectivity index (χ1v) is 10.8. The highest BCUT2D eigenvalue weighted by Crippen LogP contribution is 2.28. The molecule has 28 heavy (non-hydrogen) atoms. The summed E-state index contributed by atoms with van der Waals surface area (Å²) in [7, 11) is 0. The number of piperidine rings is 1. The predicted octanol–water partition coefficient (Wildman–Crippen LogP) is 3.03. The molecule has 0 saturated carbocycles. The molecule has 2 aliphatic rings. The molecule has 3 heterocycles. The van der Waals surface area contributed by atoms with Crippen molar-refractivity contribution in [2.75, 3.05) is 44.2 Å². The van der Waals surface area contributed by atoms with Crippen molar-refractivity contribution in [1.82, 2.24) is 14.8 Å². The smallest absolute Gasteiger partial charge is 0.133 e. The number of aromatic nitrogens is 1. The molecule has 0 spiro atoms. The van der Waals surface area contributed by atoms with Crippen molar-refractivity contribution in [3.05, 3.63) is 35.4 Å². The topological polar surface area (TPSA) is 42.8 Å². The van der Waals surface area contributed by atoms with Gasteiger partial charge in [-0.3, -0.25) is 9.80 Å². The number of hydrogen-bond acceptors (Lipinski definition) is 5. The molecule has 2 aromatic rings. The van der Waals surface area contributed by atoms with Gasteiger partial charge in [-0.1, -0.05) is 11.6 Å². The maximum atomic E-state index is 10.2. The van der Waals surface area contributed by atoms with Crippen LogP contribution >= 0.6 is 0 Å². The third-order valence-corrected chi connectivity index (χ3v) is 6.25. The van der Waals surface area contributed by atoms with E-state index in [-0.39, 0.29) is 6.10 Å². The number of aliphatic hydroxyl groups is 1. The summed E-state index contributed by atoms with van der Waals surface area (Å²) in [4.78, 5) is 12.5. The van der Waals surface area contributed by atoms with E-state index in [2.05, 4.69) is 59.7 Å². The average molecular weight is 383 g/mol. The Balaban J connectivity index is 1.62. The summed E-state index contributed by atoms with van der Waals surface area (Å²) in [6.45, 7) is 13.8. The molecule has 0 radical (unpaired) electrons. The van der Waals surface area contributed by atoms with Gasteiger partial charge in [-0.05, 0) is 51.8 Å². The SMILES string of the molecule is Cc1ccc2nc(N3CCCC(O)C3)c(CN3CCN(C(C)C)CC3)cc2c1. The molecule has 4 rings (SSSR count). The van der Waals surface area contributed by atoms with E-state index in [0.717, 1.165) is 63.4 Å². The Labute approximate surface area is 169 Å². The van der Waals surface area contributed by atoms with Crippen molar-refractivity contribution in [2.24, 2.45) is 0 Å². The van der Waals surface area contributed by atoms with Gasteiger partial charge < -0.3 is 10.0 Å². The molecule has 1 aromatic heterocycles. The van der Waals surface area contributed by atoms with Crippen LogP contribution in [0.25, 0.3) is 10.9 Å². The van der Waals surface area contributed by atoms with E-state index in [1.54, 1.807) is 0 Å². The molecule has 1 N–H and O–H groups in total. The van der Waals surface area contributed by atoms with Crippen molar-refractivity contribution in [3.63, 3.8) is 0 Å². The Morgan fingerprint density at radius 2 is 1.89 bits per heavy atom. The van der Waals surface area contributed by atoms with Crippen LogP contribution in [-0.4, -0.2) is 71.3 Å². The van der Waals surface area contributed by atoms with Gasteiger partial charge >= 0.3 is 0 Å². The third-order valence-electron chi connectivity index (χ3n) is 6.25. The minimum absolute atomic E-state index is 0.244. The van der Waals surface area contributed by atoms with Crippen LogP contribution < -0.4 is 4.90 Å². The highest BCUT2D eigenvalue weighted by atomic mass is 16.3. The number of benzene rings is 1. The summed E-state index contributed by atoms with van der Waals surface area (Å²) < 4.78 is 0. The van der Waals surface area contributed by atoms with Gasteiger partial charge in [0.05, 0.1) is 11.6 Å². The van der Waals surface area contributed by atoms with E-state index in [1.807, 2.05) is 0 Å². The fraction of sp³-hybridized carbons (Fsp3) is 0.609. The number of anilines is 1. The van der Waals surface area contributed by atoms with Gasteiger partial charge in [0.25, 0.3) is 0 Å². The molecular formula is C23H34N4O. The largest absolute Gasteiger partial charge is 0.391 e. The highest BCUT2D eigenvalue weighted by molar-refractivity contribution is 5.82. The highest BCUT2D eigenvalue weighted by Gasteiger charge is 2.24. The van der Waals surface area contributed by atoms with E-state index in [9.17, 15) is 5.11 Å². The van der Waals surface area contributed by atoms with Crippen molar-refractivity contribution >= 4 is 16.7 Å². The minimum atomic E-state index is -0.244. The molecule has 2 fully saturated rings. The van der Waals surface area contributed by atoms with E-state index >= 15 is 0 Å². The van der Waals surface area contributed by atoms with Crippen LogP contribution in [0.4, 0.5) is 5.82 Å². The van der Waals surface area contributed by atoms with Crippen LogP contribution in [0.3, 0.4) is 0 Å². The molecule has 5 nitrogen and oxygen atoms in total. The second-order valence-corrected chi connectivity index (χ2v) is 8.82. The molecule has 0 aliphatic carbocycles. The molecule has 0 bridgehead atoms. The second-order valence-electron chi connectivity index (χ2n) is 8.82. The number of piperazine rings is 1. The number of hydrogen-bond donors (Lipinski definition) is 1. The number of aliphatic hydroxyl groups excluding tert-OH is 1. The van der Waals surface area contributed by atoms with Crippen LogP contribution in [0.2, 0.25) is 0 Å². The molecule has 2 aliphatic heterocycles. The van der Waals surface area contributed by atoms with Crippen LogP contribution in [0.5, 0.6) is 0 Å². The molecule has 2 saturated heterocycles. The van der Waals surface area contributed by atoms with Gasteiger partial charge in [0, 0.05) is 62.8 Å². The maximum absolute atomic E-state index is 10.2. The Bertz CT molecular complexity index is 814. The standard InChI is InChI=1S/C23H34N4O/c1-17(2)26-11-9-25(10-12-26)15-20-14-19-13-18(3)6-7-22(19)24-23(20)27-8-4-5-21(28)16-27/h6-7,13-14,17,21,28H,4-5,8-12,15-16H2,1-3H3. The number of nitrogens with zero attached hydrogens (tertiary/aromatic N) is 4. The predicted molar refractivity (Wildman–Crippen MR) is 116 cm³/mol. The summed E-state index contributed by atoms with van der Waals surface area (Å²) in [6, 6.07) is 9.45. The Morgan fingerprint density at radius 3 is 2.61 bits per heavy atom. The van der Waals surface area contributed by atoms with Crippen molar-refractivity contribution in [1.29, 1.82) is 0 Å². The summed E-state index contributed by atoms with van der Waals surface area (Å²) >= 11 is 0. The minimum Gasteiger partial charge on any atom is -0.391 e. The summed E-state index contributed by atoms with van der Waals surface area (Å²) in [5, 5.41) is 11.4. The monoisotopic (exact) mass is 382 g/mol. The van der Waals surface area contributed by atoms with E-state index in [0.29, 0.717) is 12.6 Å². The number of pyridine rings is 1. The van der Waals surface area contributed by atoms with Crippen LogP contribution in [-0.2, 0) is 6.54 Å². The lowest BCUT2D eigenvalue weighted by Crippen LogP contribution is -2.48. The fourth-order valence-corrected chi connectivity index (χ4v) is 4.55. The molecular weight excluding hydrogens is 348 g/mol. The lowest BCUT2D eigenvalue weighted by atomic mass is 10.0. The Morgan fingerprint density at radius 1 is 1.11 bits per heavy atom. The van der Waals surface area contributed by atoms with Gasteiger partial charge in [0.2, 0.25) is 0 Å². The Kier molecular flexibility index (Phi) is 5.85. The van der Waals surface area contributed by atoms with E-state index in [1.165, 1.54) is 16.5 Å². The maximum Gasteiger partial charge on any atom is 0.133 e. The molecule has 0 amide bonds. The van der Waals surface area contributed by atoms with Crippen LogP contribution in [0.15, 0.2) is 24.3 Å². The second kappa shape index (κ2) is 8.36. The van der Waals surface area contributed by atoms with Crippen molar-refractivity contribution in [2.45, 2.75) is 52.3 Å². The Hall–Kier alpha value is -1.69. The fourth-order valence-electron chi connectivity index (χ4n) is 4.55. The zero-order valence-electron chi connectivity index (χ0n) is 17.6. The quantitative estimate of drug-likeness (QED) is 0.880.